The Bertz CT molecular complexity index is 157. The zero-order chi connectivity index (χ0) is 7.84. The van der Waals surface area contributed by atoms with Gasteiger partial charge >= 0.3 is 0 Å². The summed E-state index contributed by atoms with van der Waals surface area (Å²) in [6.45, 7) is 6.36. The van der Waals surface area contributed by atoms with E-state index >= 15 is 0 Å². The second-order valence-electron chi connectivity index (χ2n) is 4.33. The lowest BCUT2D eigenvalue weighted by atomic mass is 9.70. The van der Waals surface area contributed by atoms with Gasteiger partial charge in [0.2, 0.25) is 0 Å². The number of rotatable bonds is 3. The van der Waals surface area contributed by atoms with Gasteiger partial charge in [-0.15, -0.1) is 0 Å². The van der Waals surface area contributed by atoms with Crippen molar-refractivity contribution in [1.82, 2.24) is 0 Å². The minimum Gasteiger partial charge on any atom is -0.0998 e. The van der Waals surface area contributed by atoms with E-state index in [1.807, 2.05) is 0 Å². The number of hydrogen-bond acceptors (Lipinski definition) is 0. The molecule has 1 atom stereocenters. The molecule has 0 aromatic heterocycles. The summed E-state index contributed by atoms with van der Waals surface area (Å²) >= 11 is 0. The van der Waals surface area contributed by atoms with Gasteiger partial charge < -0.3 is 0 Å². The van der Waals surface area contributed by atoms with E-state index in [-0.39, 0.29) is 0 Å². The quantitative estimate of drug-likeness (QED) is 0.541. The van der Waals surface area contributed by atoms with Crippen molar-refractivity contribution in [3.63, 3.8) is 0 Å². The first kappa shape index (κ1) is 7.39. The standard InChI is InChI=1S/C11H18/c1-3-11(9-4-5-9)10-6-8(2)7-10/h9-11H,2-7H2,1H3. The summed E-state index contributed by atoms with van der Waals surface area (Å²) in [5.41, 5.74) is 1.49. The molecule has 1 unspecified atom stereocenters. The van der Waals surface area contributed by atoms with Gasteiger partial charge in [0.05, 0.1) is 0 Å². The molecule has 0 aromatic carbocycles. The summed E-state index contributed by atoms with van der Waals surface area (Å²) in [4.78, 5) is 0. The SMILES string of the molecule is C=C1CC(C(CC)C2CC2)C1. The molecular formula is C11H18. The highest BCUT2D eigenvalue weighted by Crippen LogP contribution is 2.49. The Morgan fingerprint density at radius 2 is 2.00 bits per heavy atom. The van der Waals surface area contributed by atoms with Crippen LogP contribution < -0.4 is 0 Å². The molecule has 0 amide bonds. The van der Waals surface area contributed by atoms with Crippen LogP contribution in [0, 0.1) is 17.8 Å². The third-order valence-electron chi connectivity index (χ3n) is 3.41. The summed E-state index contributed by atoms with van der Waals surface area (Å²) in [7, 11) is 0. The van der Waals surface area contributed by atoms with Gasteiger partial charge in [0.25, 0.3) is 0 Å². The van der Waals surface area contributed by atoms with Gasteiger partial charge in [-0.2, -0.15) is 0 Å². The average molecular weight is 150 g/mol. The Morgan fingerprint density at radius 3 is 2.36 bits per heavy atom. The van der Waals surface area contributed by atoms with Crippen LogP contribution in [0.1, 0.15) is 39.0 Å². The van der Waals surface area contributed by atoms with Gasteiger partial charge in [0.15, 0.2) is 0 Å². The Balaban J connectivity index is 1.86. The van der Waals surface area contributed by atoms with Gasteiger partial charge in [-0.05, 0) is 43.4 Å². The first-order chi connectivity index (χ1) is 5.31. The van der Waals surface area contributed by atoms with E-state index in [0.29, 0.717) is 0 Å². The molecule has 2 fully saturated rings. The molecule has 0 aliphatic heterocycles. The molecule has 62 valence electrons. The maximum absolute atomic E-state index is 4.01. The molecule has 0 heterocycles. The zero-order valence-electron chi connectivity index (χ0n) is 7.47. The summed E-state index contributed by atoms with van der Waals surface area (Å²) in [6.07, 6.45) is 7.12. The predicted octanol–water partition coefficient (Wildman–Crippen LogP) is 3.39. The molecule has 2 rings (SSSR count). The molecular weight excluding hydrogens is 132 g/mol. The topological polar surface area (TPSA) is 0 Å². The fourth-order valence-electron chi connectivity index (χ4n) is 2.56. The second-order valence-corrected chi connectivity index (χ2v) is 4.33. The Hall–Kier alpha value is -0.260. The highest BCUT2D eigenvalue weighted by Gasteiger charge is 2.38. The molecule has 0 radical (unpaired) electrons. The van der Waals surface area contributed by atoms with Gasteiger partial charge in [-0.3, -0.25) is 0 Å². The first-order valence-corrected chi connectivity index (χ1v) is 4.98. The lowest BCUT2D eigenvalue weighted by Crippen LogP contribution is -2.24. The average Bonchev–Trinajstić information content (AvgIpc) is 2.69. The van der Waals surface area contributed by atoms with Crippen LogP contribution in [0.3, 0.4) is 0 Å². The maximum Gasteiger partial charge on any atom is -0.0289 e. The van der Waals surface area contributed by atoms with Crippen molar-refractivity contribution in [1.29, 1.82) is 0 Å². The van der Waals surface area contributed by atoms with Gasteiger partial charge in [0.1, 0.15) is 0 Å². The molecule has 0 heteroatoms. The predicted molar refractivity (Wildman–Crippen MR) is 48.4 cm³/mol. The molecule has 0 spiro atoms. The van der Waals surface area contributed by atoms with E-state index in [0.717, 1.165) is 17.8 Å². The minimum atomic E-state index is 1.03. The summed E-state index contributed by atoms with van der Waals surface area (Å²) in [6, 6.07) is 0. The molecule has 0 aromatic rings. The van der Waals surface area contributed by atoms with Crippen LogP contribution in [0.5, 0.6) is 0 Å². The zero-order valence-corrected chi connectivity index (χ0v) is 7.47. The van der Waals surface area contributed by atoms with Crippen molar-refractivity contribution in [3.8, 4) is 0 Å². The van der Waals surface area contributed by atoms with E-state index in [1.54, 1.807) is 0 Å². The third kappa shape index (κ3) is 1.36. The van der Waals surface area contributed by atoms with Crippen LogP contribution in [0.4, 0.5) is 0 Å². The summed E-state index contributed by atoms with van der Waals surface area (Å²) in [5, 5.41) is 0. The Labute approximate surface area is 69.7 Å². The highest BCUT2D eigenvalue weighted by molar-refractivity contribution is 5.10. The smallest absolute Gasteiger partial charge is 0.0289 e. The van der Waals surface area contributed by atoms with Gasteiger partial charge in [-0.25, -0.2) is 0 Å². The van der Waals surface area contributed by atoms with Crippen LogP contribution >= 0.6 is 0 Å². The lowest BCUT2D eigenvalue weighted by Gasteiger charge is -2.35. The summed E-state index contributed by atoms with van der Waals surface area (Å²) in [5.74, 6) is 3.19. The van der Waals surface area contributed by atoms with Crippen LogP contribution in [-0.4, -0.2) is 0 Å². The van der Waals surface area contributed by atoms with Crippen molar-refractivity contribution in [3.05, 3.63) is 12.2 Å². The molecule has 11 heavy (non-hydrogen) atoms. The molecule has 2 aliphatic rings. The lowest BCUT2D eigenvalue weighted by molar-refractivity contribution is 0.233. The van der Waals surface area contributed by atoms with Crippen LogP contribution in [0.15, 0.2) is 12.2 Å². The van der Waals surface area contributed by atoms with Crippen molar-refractivity contribution in [2.75, 3.05) is 0 Å². The van der Waals surface area contributed by atoms with E-state index in [4.69, 9.17) is 0 Å². The first-order valence-electron chi connectivity index (χ1n) is 4.98. The van der Waals surface area contributed by atoms with Crippen LogP contribution in [0.2, 0.25) is 0 Å². The Kier molecular flexibility index (Phi) is 1.78. The van der Waals surface area contributed by atoms with Crippen molar-refractivity contribution in [2.24, 2.45) is 17.8 Å². The largest absolute Gasteiger partial charge is 0.0998 e. The van der Waals surface area contributed by atoms with E-state index in [2.05, 4.69) is 13.5 Å². The fraction of sp³-hybridized carbons (Fsp3) is 0.818. The number of allylic oxidation sites excluding steroid dienone is 1. The normalized spacial score (nSPS) is 28.3. The second kappa shape index (κ2) is 2.66. The molecule has 2 saturated carbocycles. The summed E-state index contributed by atoms with van der Waals surface area (Å²) < 4.78 is 0. The Morgan fingerprint density at radius 1 is 1.36 bits per heavy atom. The van der Waals surface area contributed by atoms with Crippen molar-refractivity contribution < 1.29 is 0 Å². The number of hydrogen-bond donors (Lipinski definition) is 0. The monoisotopic (exact) mass is 150 g/mol. The van der Waals surface area contributed by atoms with Gasteiger partial charge in [-0.1, -0.05) is 25.5 Å². The highest BCUT2D eigenvalue weighted by atomic mass is 14.4. The van der Waals surface area contributed by atoms with E-state index in [9.17, 15) is 0 Å². The van der Waals surface area contributed by atoms with Crippen molar-refractivity contribution >= 4 is 0 Å². The van der Waals surface area contributed by atoms with Crippen LogP contribution in [0.25, 0.3) is 0 Å². The van der Waals surface area contributed by atoms with E-state index in [1.165, 1.54) is 37.7 Å². The molecule has 0 nitrogen and oxygen atoms in total. The molecule has 0 saturated heterocycles. The maximum atomic E-state index is 4.01. The third-order valence-corrected chi connectivity index (χ3v) is 3.41. The van der Waals surface area contributed by atoms with Gasteiger partial charge in [0, 0.05) is 0 Å². The van der Waals surface area contributed by atoms with Crippen molar-refractivity contribution in [2.45, 2.75) is 39.0 Å². The molecule has 0 N–H and O–H groups in total. The molecule has 0 bridgehead atoms. The minimum absolute atomic E-state index is 1.03. The molecule has 2 aliphatic carbocycles. The van der Waals surface area contributed by atoms with Crippen LogP contribution in [-0.2, 0) is 0 Å². The fourth-order valence-corrected chi connectivity index (χ4v) is 2.56. The van der Waals surface area contributed by atoms with E-state index < -0.39 is 0 Å².